The van der Waals surface area contributed by atoms with Crippen molar-refractivity contribution in [2.75, 3.05) is 27.2 Å². The van der Waals surface area contributed by atoms with Crippen LogP contribution in [0.25, 0.3) is 0 Å². The highest BCUT2D eigenvalue weighted by molar-refractivity contribution is 6.32. The molecule has 0 fully saturated rings. The molecule has 0 unspecified atom stereocenters. The van der Waals surface area contributed by atoms with Crippen LogP contribution in [0.2, 0.25) is 5.02 Å². The molecular weight excluding hydrogens is 721 g/mol. The maximum atomic E-state index is 14.0. The number of rotatable bonds is 12. The second-order valence-corrected chi connectivity index (χ2v) is 15.4. The number of benzene rings is 2. The lowest BCUT2D eigenvalue weighted by Crippen LogP contribution is -2.50. The van der Waals surface area contributed by atoms with Crippen LogP contribution in [0, 0.1) is 23.2 Å². The predicted molar refractivity (Wildman–Crippen MR) is 205 cm³/mol. The SMILES string of the molecule is CNCC(=O)O[C@H]([C@@H](C)[C@@H]1C/C=C/C(=O)N[C@H](Cc2ccc(OC)c(Cl)c2)C(=O)NCC(C)(C)C(=O)C[C@@H](CC(C)C)C(=O)O1)[C@@H](Cl)c1ccccc1. The normalized spacial score (nSPS) is 22.5. The van der Waals surface area contributed by atoms with Gasteiger partial charge in [0.25, 0.3) is 0 Å². The van der Waals surface area contributed by atoms with Crippen LogP contribution in [0.15, 0.2) is 60.7 Å². The van der Waals surface area contributed by atoms with Crippen LogP contribution in [0.4, 0.5) is 0 Å². The molecule has 13 heteroatoms. The van der Waals surface area contributed by atoms with Crippen molar-refractivity contribution >= 4 is 52.7 Å². The molecule has 6 atom stereocenters. The molecule has 3 N–H and O–H groups in total. The van der Waals surface area contributed by atoms with E-state index in [0.717, 1.165) is 0 Å². The van der Waals surface area contributed by atoms with Crippen molar-refractivity contribution in [2.24, 2.45) is 23.2 Å². The third-order valence-corrected chi connectivity index (χ3v) is 10.1. The molecule has 2 aromatic carbocycles. The number of cyclic esters (lactones) is 1. The van der Waals surface area contributed by atoms with Gasteiger partial charge in [0.05, 0.1) is 30.0 Å². The molecule has 53 heavy (non-hydrogen) atoms. The molecule has 0 saturated carbocycles. The van der Waals surface area contributed by atoms with Gasteiger partial charge in [-0.2, -0.15) is 0 Å². The van der Waals surface area contributed by atoms with Crippen LogP contribution in [0.1, 0.15) is 70.4 Å². The Balaban J connectivity index is 2.04. The van der Waals surface area contributed by atoms with Gasteiger partial charge in [0.15, 0.2) is 0 Å². The molecule has 2 aromatic rings. The molecule has 1 heterocycles. The van der Waals surface area contributed by atoms with Gasteiger partial charge >= 0.3 is 11.9 Å². The summed E-state index contributed by atoms with van der Waals surface area (Å²) < 4.78 is 17.4. The molecule has 1 aliphatic rings. The summed E-state index contributed by atoms with van der Waals surface area (Å²) in [7, 11) is 3.11. The first-order valence-corrected chi connectivity index (χ1v) is 18.7. The number of alkyl halides is 1. The first kappa shape index (κ1) is 43.5. The van der Waals surface area contributed by atoms with Crippen molar-refractivity contribution in [1.29, 1.82) is 0 Å². The Bertz CT molecular complexity index is 1600. The fraction of sp³-hybridized carbons (Fsp3) is 0.525. The molecule has 0 saturated heterocycles. The fourth-order valence-electron chi connectivity index (χ4n) is 6.10. The second kappa shape index (κ2) is 20.5. The van der Waals surface area contributed by atoms with Crippen LogP contribution >= 0.6 is 23.2 Å². The van der Waals surface area contributed by atoms with Gasteiger partial charge in [0, 0.05) is 37.1 Å². The maximum Gasteiger partial charge on any atom is 0.320 e. The van der Waals surface area contributed by atoms with Gasteiger partial charge in [-0.25, -0.2) is 0 Å². The van der Waals surface area contributed by atoms with Crippen LogP contribution in [0.5, 0.6) is 5.75 Å². The molecule has 1 aliphatic heterocycles. The Morgan fingerprint density at radius 3 is 2.40 bits per heavy atom. The number of ketones is 1. The van der Waals surface area contributed by atoms with Gasteiger partial charge in [-0.3, -0.25) is 24.0 Å². The summed E-state index contributed by atoms with van der Waals surface area (Å²) in [5.41, 5.74) is 0.321. The van der Waals surface area contributed by atoms with Crippen LogP contribution in [-0.2, 0) is 39.9 Å². The molecule has 0 spiro atoms. The molecular formula is C40H53Cl2N3O8. The van der Waals surface area contributed by atoms with Crippen LogP contribution < -0.4 is 20.7 Å². The molecule has 290 valence electrons. The third-order valence-electron chi connectivity index (χ3n) is 9.27. The Morgan fingerprint density at radius 2 is 1.77 bits per heavy atom. The molecule has 3 rings (SSSR count). The molecule has 11 nitrogen and oxygen atoms in total. The number of hydrogen-bond donors (Lipinski definition) is 3. The lowest BCUT2D eigenvalue weighted by Gasteiger charge is -2.34. The van der Waals surface area contributed by atoms with E-state index < -0.39 is 64.6 Å². The van der Waals surface area contributed by atoms with Gasteiger partial charge < -0.3 is 30.2 Å². The van der Waals surface area contributed by atoms with E-state index in [-0.39, 0.29) is 44.1 Å². The fourth-order valence-corrected chi connectivity index (χ4v) is 6.80. The zero-order chi connectivity index (χ0) is 39.3. The van der Waals surface area contributed by atoms with E-state index >= 15 is 0 Å². The average molecular weight is 775 g/mol. The molecule has 0 bridgehead atoms. The molecule has 2 amide bonds. The number of esters is 2. The van der Waals surface area contributed by atoms with Crippen molar-refractivity contribution in [2.45, 2.75) is 83.9 Å². The number of methoxy groups -OCH3 is 1. The lowest BCUT2D eigenvalue weighted by molar-refractivity contribution is -0.165. The Labute approximate surface area is 322 Å². The van der Waals surface area contributed by atoms with Gasteiger partial charge in [-0.15, -0.1) is 11.6 Å². The summed E-state index contributed by atoms with van der Waals surface area (Å²) in [6.07, 6.45) is 1.36. The number of nitrogens with one attached hydrogen (secondary N) is 3. The van der Waals surface area contributed by atoms with Gasteiger partial charge in [-0.05, 0) is 48.7 Å². The summed E-state index contributed by atoms with van der Waals surface area (Å²) in [5.74, 6) is -3.36. The predicted octanol–water partition coefficient (Wildman–Crippen LogP) is 5.76. The van der Waals surface area contributed by atoms with Crippen LogP contribution in [0.3, 0.4) is 0 Å². The van der Waals surface area contributed by atoms with Crippen LogP contribution in [-0.4, -0.2) is 75.0 Å². The largest absolute Gasteiger partial charge is 0.495 e. The summed E-state index contributed by atoms with van der Waals surface area (Å²) in [6.45, 7) is 8.98. The first-order valence-electron chi connectivity index (χ1n) is 17.9. The standard InChI is InChI=1S/C40H53Cl2N3O8/c1-24(2)18-28-21-33(46)40(4,5)23-44-38(49)30(20-26-16-17-32(51-7)29(41)19-26)45-34(47)15-11-14-31(52-39(28)50)25(3)37(53-35(48)22-43-6)36(42)27-12-9-8-10-13-27/h8-13,15-17,19,24-25,28,30-31,36-37,43H,14,18,20-23H2,1-7H3,(H,44,49)(H,45,47)/b15-11+/t25-,28+,30+,31-,36-,37+/m0/s1. The van der Waals surface area contributed by atoms with E-state index in [0.29, 0.717) is 28.3 Å². The van der Waals surface area contributed by atoms with Crippen molar-refractivity contribution < 1.29 is 38.2 Å². The highest BCUT2D eigenvalue weighted by Gasteiger charge is 2.39. The van der Waals surface area contributed by atoms with E-state index in [2.05, 4.69) is 16.0 Å². The summed E-state index contributed by atoms with van der Waals surface area (Å²) in [4.78, 5) is 67.6. The topological polar surface area (TPSA) is 149 Å². The number of ether oxygens (including phenoxy) is 3. The minimum atomic E-state index is -1.05. The number of likely N-dealkylation sites (N-methyl/N-ethyl adjacent to an activating group) is 1. The smallest absolute Gasteiger partial charge is 0.320 e. The Kier molecular flexibility index (Phi) is 16.8. The van der Waals surface area contributed by atoms with E-state index in [9.17, 15) is 24.0 Å². The van der Waals surface area contributed by atoms with Crippen molar-refractivity contribution in [3.63, 3.8) is 0 Å². The van der Waals surface area contributed by atoms with E-state index in [1.165, 1.54) is 13.2 Å². The minimum Gasteiger partial charge on any atom is -0.495 e. The van der Waals surface area contributed by atoms with E-state index in [1.807, 2.05) is 44.2 Å². The minimum absolute atomic E-state index is 0.0321. The summed E-state index contributed by atoms with van der Waals surface area (Å²) in [5, 5.41) is 7.92. The highest BCUT2D eigenvalue weighted by atomic mass is 35.5. The van der Waals surface area contributed by atoms with E-state index in [1.54, 1.807) is 52.1 Å². The number of carbonyl (C=O) groups is 5. The van der Waals surface area contributed by atoms with Crippen molar-refractivity contribution in [3.8, 4) is 5.75 Å². The Morgan fingerprint density at radius 1 is 1.08 bits per heavy atom. The van der Waals surface area contributed by atoms with Gasteiger partial charge in [0.2, 0.25) is 11.8 Å². The highest BCUT2D eigenvalue weighted by Crippen LogP contribution is 2.35. The van der Waals surface area contributed by atoms with Crippen molar-refractivity contribution in [1.82, 2.24) is 16.0 Å². The zero-order valence-electron chi connectivity index (χ0n) is 31.6. The molecule has 0 aromatic heterocycles. The summed E-state index contributed by atoms with van der Waals surface area (Å²) in [6, 6.07) is 13.2. The molecule has 0 aliphatic carbocycles. The second-order valence-electron chi connectivity index (χ2n) is 14.6. The molecule has 0 radical (unpaired) electrons. The number of Topliss-reactive ketones (excluding diaryl/α,β-unsaturated/α-hetero) is 1. The van der Waals surface area contributed by atoms with Gasteiger partial charge in [-0.1, -0.05) is 88.7 Å². The Hall–Kier alpha value is -3.93. The van der Waals surface area contributed by atoms with E-state index in [4.69, 9.17) is 37.4 Å². The maximum absolute atomic E-state index is 14.0. The third kappa shape index (κ3) is 13.2. The quantitative estimate of drug-likeness (QED) is 0.181. The monoisotopic (exact) mass is 773 g/mol. The number of halogens is 2. The number of carbonyl (C=O) groups excluding carboxylic acids is 5. The lowest BCUT2D eigenvalue weighted by atomic mass is 9.81. The number of hydrogen-bond acceptors (Lipinski definition) is 9. The van der Waals surface area contributed by atoms with Crippen molar-refractivity contribution in [3.05, 3.63) is 76.8 Å². The zero-order valence-corrected chi connectivity index (χ0v) is 33.1. The summed E-state index contributed by atoms with van der Waals surface area (Å²) >= 11 is 13.3. The van der Waals surface area contributed by atoms with Gasteiger partial charge in [0.1, 0.15) is 29.8 Å². The first-order chi connectivity index (χ1) is 25.1. The number of amides is 2. The average Bonchev–Trinajstić information content (AvgIpc) is 3.11.